The molecule has 0 spiro atoms. The molecule has 126 valence electrons. The number of hydrogen-bond donors (Lipinski definition) is 1. The number of benzene rings is 2. The van der Waals surface area contributed by atoms with Crippen LogP contribution in [0.15, 0.2) is 48.5 Å². The van der Waals surface area contributed by atoms with Gasteiger partial charge in [-0.3, -0.25) is 4.79 Å². The van der Waals surface area contributed by atoms with Crippen LogP contribution in [0.5, 0.6) is 0 Å². The summed E-state index contributed by atoms with van der Waals surface area (Å²) < 4.78 is 27.7. The Bertz CT molecular complexity index is 700. The van der Waals surface area contributed by atoms with E-state index in [0.29, 0.717) is 19.4 Å². The summed E-state index contributed by atoms with van der Waals surface area (Å²) in [7, 11) is 0. The molecule has 3 rings (SSSR count). The molecule has 2 aromatic rings. The Kier molecular flexibility index (Phi) is 4.90. The summed E-state index contributed by atoms with van der Waals surface area (Å²) in [4.78, 5) is 14.1. The third kappa shape index (κ3) is 3.31. The van der Waals surface area contributed by atoms with Gasteiger partial charge in [-0.1, -0.05) is 36.4 Å². The van der Waals surface area contributed by atoms with Crippen LogP contribution in [0.3, 0.4) is 0 Å². The average Bonchev–Trinajstić information content (AvgIpc) is 3.03. The first-order valence-electron chi connectivity index (χ1n) is 8.06. The van der Waals surface area contributed by atoms with E-state index in [1.54, 1.807) is 0 Å². The van der Waals surface area contributed by atoms with Crippen LogP contribution in [0.1, 0.15) is 41.3 Å². The van der Waals surface area contributed by atoms with Gasteiger partial charge >= 0.3 is 0 Å². The first kappa shape index (κ1) is 16.6. The van der Waals surface area contributed by atoms with Gasteiger partial charge in [0.15, 0.2) is 0 Å². The summed E-state index contributed by atoms with van der Waals surface area (Å²) in [5, 5.41) is 10.4. The first-order valence-corrected chi connectivity index (χ1v) is 8.06. The van der Waals surface area contributed by atoms with Gasteiger partial charge in [0, 0.05) is 12.6 Å². The zero-order valence-electron chi connectivity index (χ0n) is 13.2. The zero-order valence-corrected chi connectivity index (χ0v) is 13.2. The lowest BCUT2D eigenvalue weighted by molar-refractivity contribution is 0.0658. The van der Waals surface area contributed by atoms with Crippen molar-refractivity contribution in [1.29, 1.82) is 0 Å². The Labute approximate surface area is 139 Å². The molecule has 24 heavy (non-hydrogen) atoms. The molecule has 0 radical (unpaired) electrons. The summed E-state index contributed by atoms with van der Waals surface area (Å²) in [6.45, 7) is 0.443. The highest BCUT2D eigenvalue weighted by molar-refractivity contribution is 5.95. The van der Waals surface area contributed by atoms with E-state index < -0.39 is 29.2 Å². The van der Waals surface area contributed by atoms with Crippen LogP contribution in [0.2, 0.25) is 0 Å². The number of halogens is 2. The number of nitrogens with zero attached hydrogens (tertiary/aromatic N) is 1. The number of aliphatic hydroxyl groups excluding tert-OH is 1. The molecule has 1 heterocycles. The molecule has 3 nitrogen and oxygen atoms in total. The van der Waals surface area contributed by atoms with Crippen LogP contribution in [0.25, 0.3) is 0 Å². The van der Waals surface area contributed by atoms with Crippen molar-refractivity contribution in [3.05, 3.63) is 71.3 Å². The molecule has 0 aromatic heterocycles. The highest BCUT2D eigenvalue weighted by atomic mass is 19.1. The van der Waals surface area contributed by atoms with Gasteiger partial charge in [-0.2, -0.15) is 0 Å². The number of rotatable bonds is 4. The summed E-state index contributed by atoms with van der Waals surface area (Å²) >= 11 is 0. The van der Waals surface area contributed by atoms with Crippen LogP contribution < -0.4 is 0 Å². The van der Waals surface area contributed by atoms with Crippen molar-refractivity contribution in [2.24, 2.45) is 0 Å². The number of likely N-dealkylation sites (tertiary alicyclic amines) is 1. The Morgan fingerprint density at radius 3 is 2.46 bits per heavy atom. The summed E-state index contributed by atoms with van der Waals surface area (Å²) in [6.07, 6.45) is 1.11. The fraction of sp³-hybridized carbons (Fsp3) is 0.316. The largest absolute Gasteiger partial charge is 0.388 e. The highest BCUT2D eigenvalue weighted by Gasteiger charge is 2.33. The fourth-order valence-corrected chi connectivity index (χ4v) is 3.26. The number of amides is 1. The van der Waals surface area contributed by atoms with Crippen LogP contribution >= 0.6 is 0 Å². The van der Waals surface area contributed by atoms with Gasteiger partial charge in [0.05, 0.1) is 6.10 Å². The molecule has 1 fully saturated rings. The second-order valence-corrected chi connectivity index (χ2v) is 6.05. The molecule has 1 N–H and O–H groups in total. The third-order valence-corrected chi connectivity index (χ3v) is 4.49. The van der Waals surface area contributed by atoms with Crippen molar-refractivity contribution in [2.45, 2.75) is 31.4 Å². The Hall–Kier alpha value is -2.27. The summed E-state index contributed by atoms with van der Waals surface area (Å²) in [5.74, 6) is -2.35. The summed E-state index contributed by atoms with van der Waals surface area (Å²) in [5.41, 5.74) is 0.257. The van der Waals surface area contributed by atoms with Gasteiger partial charge in [-0.25, -0.2) is 8.78 Å². The smallest absolute Gasteiger partial charge is 0.260 e. The molecule has 0 saturated carbocycles. The molecule has 0 bridgehead atoms. The summed E-state index contributed by atoms with van der Waals surface area (Å²) in [6, 6.07) is 12.4. The van der Waals surface area contributed by atoms with Gasteiger partial charge < -0.3 is 10.0 Å². The Morgan fingerprint density at radius 2 is 1.79 bits per heavy atom. The molecule has 2 atom stereocenters. The molecule has 5 heteroatoms. The molecular weight excluding hydrogens is 312 g/mol. The SMILES string of the molecule is O=C(c1c(F)cccc1F)N1CCCC1CC(O)c1ccccc1. The lowest BCUT2D eigenvalue weighted by Crippen LogP contribution is -2.37. The van der Waals surface area contributed by atoms with E-state index in [2.05, 4.69) is 0 Å². The fourth-order valence-electron chi connectivity index (χ4n) is 3.26. The molecule has 1 aliphatic rings. The van der Waals surface area contributed by atoms with E-state index in [1.807, 2.05) is 30.3 Å². The zero-order chi connectivity index (χ0) is 17.1. The quantitative estimate of drug-likeness (QED) is 0.928. The molecule has 2 unspecified atom stereocenters. The van der Waals surface area contributed by atoms with Gasteiger partial charge in [-0.15, -0.1) is 0 Å². The van der Waals surface area contributed by atoms with Gasteiger partial charge in [0.25, 0.3) is 5.91 Å². The maximum Gasteiger partial charge on any atom is 0.260 e. The van der Waals surface area contributed by atoms with E-state index in [1.165, 1.54) is 11.0 Å². The van der Waals surface area contributed by atoms with Crippen LogP contribution in [-0.2, 0) is 0 Å². The van der Waals surface area contributed by atoms with E-state index in [-0.39, 0.29) is 6.04 Å². The Morgan fingerprint density at radius 1 is 1.12 bits per heavy atom. The van der Waals surface area contributed by atoms with E-state index in [9.17, 15) is 18.7 Å². The van der Waals surface area contributed by atoms with Crippen LogP contribution in [0.4, 0.5) is 8.78 Å². The third-order valence-electron chi connectivity index (χ3n) is 4.49. The number of hydrogen-bond acceptors (Lipinski definition) is 2. The van der Waals surface area contributed by atoms with E-state index in [0.717, 1.165) is 24.1 Å². The molecule has 1 amide bonds. The molecule has 2 aromatic carbocycles. The van der Waals surface area contributed by atoms with E-state index >= 15 is 0 Å². The number of aliphatic hydroxyl groups is 1. The van der Waals surface area contributed by atoms with Crippen molar-refractivity contribution < 1.29 is 18.7 Å². The van der Waals surface area contributed by atoms with Crippen molar-refractivity contribution >= 4 is 5.91 Å². The lowest BCUT2D eigenvalue weighted by atomic mass is 10.00. The van der Waals surface area contributed by atoms with Gasteiger partial charge in [0.1, 0.15) is 17.2 Å². The van der Waals surface area contributed by atoms with Gasteiger partial charge in [-0.05, 0) is 37.0 Å². The maximum atomic E-state index is 13.9. The number of carbonyl (C=O) groups is 1. The van der Waals surface area contributed by atoms with Crippen molar-refractivity contribution in [3.8, 4) is 0 Å². The lowest BCUT2D eigenvalue weighted by Gasteiger charge is -2.27. The molecular formula is C19H19F2NO2. The predicted octanol–water partition coefficient (Wildman–Crippen LogP) is 3.69. The average molecular weight is 331 g/mol. The minimum absolute atomic E-state index is 0.230. The van der Waals surface area contributed by atoms with Crippen LogP contribution in [0, 0.1) is 11.6 Å². The van der Waals surface area contributed by atoms with Crippen molar-refractivity contribution in [1.82, 2.24) is 4.90 Å². The normalized spacial score (nSPS) is 18.6. The van der Waals surface area contributed by atoms with Crippen molar-refractivity contribution in [3.63, 3.8) is 0 Å². The van der Waals surface area contributed by atoms with Crippen molar-refractivity contribution in [2.75, 3.05) is 6.54 Å². The maximum absolute atomic E-state index is 13.9. The standard InChI is InChI=1S/C19H19F2NO2/c20-15-9-4-10-16(21)18(15)19(24)22-11-5-8-14(22)12-17(23)13-6-2-1-3-7-13/h1-4,6-7,9-10,14,17,23H,5,8,11-12H2. The van der Waals surface area contributed by atoms with Crippen LogP contribution in [-0.4, -0.2) is 28.5 Å². The molecule has 1 aliphatic heterocycles. The second kappa shape index (κ2) is 7.09. The molecule has 0 aliphatic carbocycles. The minimum atomic E-state index is -0.853. The molecule has 1 saturated heterocycles. The van der Waals surface area contributed by atoms with Gasteiger partial charge in [0.2, 0.25) is 0 Å². The Balaban J connectivity index is 1.77. The minimum Gasteiger partial charge on any atom is -0.388 e. The predicted molar refractivity (Wildman–Crippen MR) is 86.4 cm³/mol. The first-order chi connectivity index (χ1) is 11.6. The monoisotopic (exact) mass is 331 g/mol. The topological polar surface area (TPSA) is 40.5 Å². The second-order valence-electron chi connectivity index (χ2n) is 6.05. The highest BCUT2D eigenvalue weighted by Crippen LogP contribution is 2.29. The number of carbonyl (C=O) groups excluding carboxylic acids is 1. The van der Waals surface area contributed by atoms with E-state index in [4.69, 9.17) is 0 Å².